The molecule has 0 spiro atoms. The summed E-state index contributed by atoms with van der Waals surface area (Å²) in [5, 5.41) is 0. The number of carbonyl (C=O) groups excluding carboxylic acids is 1. The third-order valence-electron chi connectivity index (χ3n) is 3.40. The lowest BCUT2D eigenvalue weighted by molar-refractivity contribution is 0.0600. The lowest BCUT2D eigenvalue weighted by Crippen LogP contribution is -2.07. The Bertz CT molecular complexity index is 423. The summed E-state index contributed by atoms with van der Waals surface area (Å²) >= 11 is 0. The number of esters is 1. The van der Waals surface area contributed by atoms with E-state index in [0.29, 0.717) is 11.5 Å². The van der Waals surface area contributed by atoms with Crippen molar-refractivity contribution in [1.29, 1.82) is 0 Å². The van der Waals surface area contributed by atoms with E-state index in [2.05, 4.69) is 0 Å². The Hall–Kier alpha value is -1.55. The molecule has 1 atom stereocenters. The molecule has 0 saturated carbocycles. The zero-order chi connectivity index (χ0) is 13.0. The normalized spacial score (nSPS) is 20.2. The van der Waals surface area contributed by atoms with E-state index in [9.17, 15) is 4.79 Å². The summed E-state index contributed by atoms with van der Waals surface area (Å²) in [5.41, 5.74) is 8.37. The molecule has 4 nitrogen and oxygen atoms in total. The third kappa shape index (κ3) is 2.82. The Morgan fingerprint density at radius 2 is 2.22 bits per heavy atom. The molecule has 18 heavy (non-hydrogen) atoms. The number of anilines is 1. The zero-order valence-corrected chi connectivity index (χ0v) is 10.6. The molecule has 0 radical (unpaired) electrons. The van der Waals surface area contributed by atoms with Crippen molar-refractivity contribution in [2.75, 3.05) is 26.1 Å². The maximum atomic E-state index is 11.5. The summed E-state index contributed by atoms with van der Waals surface area (Å²) in [5.74, 6) is 0.0539. The molecule has 4 heteroatoms. The van der Waals surface area contributed by atoms with Crippen molar-refractivity contribution >= 4 is 11.7 Å². The summed E-state index contributed by atoms with van der Waals surface area (Å²) < 4.78 is 10.2. The van der Waals surface area contributed by atoms with Gasteiger partial charge in [-0.2, -0.15) is 0 Å². The van der Waals surface area contributed by atoms with Gasteiger partial charge in [0.15, 0.2) is 0 Å². The minimum Gasteiger partial charge on any atom is -0.465 e. The molecule has 0 aliphatic carbocycles. The molecule has 0 aromatic heterocycles. The van der Waals surface area contributed by atoms with E-state index < -0.39 is 0 Å². The van der Waals surface area contributed by atoms with Crippen molar-refractivity contribution in [3.63, 3.8) is 0 Å². The first-order valence-corrected chi connectivity index (χ1v) is 6.28. The highest BCUT2D eigenvalue weighted by molar-refractivity contribution is 5.90. The number of ether oxygens (including phenoxy) is 2. The molecule has 1 unspecified atom stereocenters. The Morgan fingerprint density at radius 3 is 3.00 bits per heavy atom. The van der Waals surface area contributed by atoms with Gasteiger partial charge >= 0.3 is 5.97 Å². The zero-order valence-electron chi connectivity index (χ0n) is 10.6. The van der Waals surface area contributed by atoms with Crippen LogP contribution in [0.1, 0.15) is 41.1 Å². The molecule has 0 bridgehead atoms. The second-order valence-electron chi connectivity index (χ2n) is 4.58. The quantitative estimate of drug-likeness (QED) is 0.645. The number of hydrogen-bond donors (Lipinski definition) is 1. The topological polar surface area (TPSA) is 61.5 Å². The van der Waals surface area contributed by atoms with Crippen molar-refractivity contribution in [3.8, 4) is 0 Å². The van der Waals surface area contributed by atoms with E-state index in [1.807, 2.05) is 6.07 Å². The molecule has 1 fully saturated rings. The van der Waals surface area contributed by atoms with Crippen molar-refractivity contribution in [1.82, 2.24) is 0 Å². The molecule has 1 heterocycles. The predicted octanol–water partition coefficient (Wildman–Crippen LogP) is 2.34. The number of methoxy groups -OCH3 is 1. The van der Waals surface area contributed by atoms with Crippen LogP contribution >= 0.6 is 0 Å². The highest BCUT2D eigenvalue weighted by atomic mass is 16.5. The number of rotatable bonds is 2. The lowest BCUT2D eigenvalue weighted by atomic mass is 9.90. The molecule has 1 saturated heterocycles. The van der Waals surface area contributed by atoms with Gasteiger partial charge in [-0.05, 0) is 48.9 Å². The first-order chi connectivity index (χ1) is 8.72. The Morgan fingerprint density at radius 1 is 1.39 bits per heavy atom. The van der Waals surface area contributed by atoms with Crippen molar-refractivity contribution in [2.24, 2.45) is 0 Å². The van der Waals surface area contributed by atoms with Crippen LogP contribution in [0.2, 0.25) is 0 Å². The van der Waals surface area contributed by atoms with E-state index in [4.69, 9.17) is 15.2 Å². The SMILES string of the molecule is COC(=O)c1ccc(N)c(C2CCCOCC2)c1. The molecule has 0 amide bonds. The highest BCUT2D eigenvalue weighted by Gasteiger charge is 2.18. The number of hydrogen-bond acceptors (Lipinski definition) is 4. The number of nitrogens with two attached hydrogens (primary N) is 1. The average Bonchev–Trinajstić information content (AvgIpc) is 2.67. The van der Waals surface area contributed by atoms with Gasteiger partial charge in [0.2, 0.25) is 0 Å². The molecule has 1 aromatic rings. The van der Waals surface area contributed by atoms with Gasteiger partial charge in [0.05, 0.1) is 12.7 Å². The van der Waals surface area contributed by atoms with Crippen molar-refractivity contribution in [2.45, 2.75) is 25.2 Å². The van der Waals surface area contributed by atoms with Crippen LogP contribution in [0, 0.1) is 0 Å². The summed E-state index contributed by atoms with van der Waals surface area (Å²) in [6.45, 7) is 1.57. The first kappa shape index (κ1) is 12.9. The largest absolute Gasteiger partial charge is 0.465 e. The van der Waals surface area contributed by atoms with Gasteiger partial charge in [-0.3, -0.25) is 0 Å². The van der Waals surface area contributed by atoms with Crippen molar-refractivity contribution in [3.05, 3.63) is 29.3 Å². The average molecular weight is 249 g/mol. The molecule has 2 rings (SSSR count). The van der Waals surface area contributed by atoms with Crippen LogP contribution in [0.3, 0.4) is 0 Å². The van der Waals surface area contributed by atoms with Crippen LogP contribution in [0.4, 0.5) is 5.69 Å². The van der Waals surface area contributed by atoms with Crippen LogP contribution in [0.15, 0.2) is 18.2 Å². The van der Waals surface area contributed by atoms with Gasteiger partial charge in [0, 0.05) is 18.9 Å². The third-order valence-corrected chi connectivity index (χ3v) is 3.40. The maximum absolute atomic E-state index is 11.5. The van der Waals surface area contributed by atoms with Gasteiger partial charge in [-0.15, -0.1) is 0 Å². The number of carbonyl (C=O) groups is 1. The number of nitrogen functional groups attached to an aromatic ring is 1. The van der Waals surface area contributed by atoms with E-state index in [1.54, 1.807) is 12.1 Å². The predicted molar refractivity (Wildman–Crippen MR) is 69.6 cm³/mol. The Kier molecular flexibility index (Phi) is 4.20. The molecule has 2 N–H and O–H groups in total. The molecular weight excluding hydrogens is 230 g/mol. The summed E-state index contributed by atoms with van der Waals surface area (Å²) in [6.07, 6.45) is 3.04. The summed E-state index contributed by atoms with van der Waals surface area (Å²) in [4.78, 5) is 11.5. The van der Waals surface area contributed by atoms with E-state index in [-0.39, 0.29) is 5.97 Å². The fraction of sp³-hybridized carbons (Fsp3) is 0.500. The number of benzene rings is 1. The van der Waals surface area contributed by atoms with E-state index in [0.717, 1.165) is 43.7 Å². The Balaban J connectivity index is 2.27. The monoisotopic (exact) mass is 249 g/mol. The molecule has 98 valence electrons. The van der Waals surface area contributed by atoms with Gasteiger partial charge < -0.3 is 15.2 Å². The van der Waals surface area contributed by atoms with Crippen LogP contribution in [0.5, 0.6) is 0 Å². The minimum atomic E-state index is -0.318. The van der Waals surface area contributed by atoms with Gasteiger partial charge in [0.25, 0.3) is 0 Å². The Labute approximate surface area is 107 Å². The highest BCUT2D eigenvalue weighted by Crippen LogP contribution is 2.32. The standard InChI is InChI=1S/C14H19NO3/c1-17-14(16)11-4-5-13(15)12(9-11)10-3-2-7-18-8-6-10/h4-5,9-10H,2-3,6-8,15H2,1H3. The first-order valence-electron chi connectivity index (χ1n) is 6.28. The van der Waals surface area contributed by atoms with Crippen LogP contribution in [-0.4, -0.2) is 26.3 Å². The molecular formula is C14H19NO3. The second kappa shape index (κ2) is 5.87. The minimum absolute atomic E-state index is 0.318. The fourth-order valence-electron chi connectivity index (χ4n) is 2.39. The smallest absolute Gasteiger partial charge is 0.337 e. The van der Waals surface area contributed by atoms with Gasteiger partial charge in [-0.1, -0.05) is 0 Å². The maximum Gasteiger partial charge on any atom is 0.337 e. The molecule has 1 aliphatic rings. The second-order valence-corrected chi connectivity index (χ2v) is 4.58. The van der Waals surface area contributed by atoms with E-state index >= 15 is 0 Å². The summed E-state index contributed by atoms with van der Waals surface area (Å²) in [7, 11) is 1.39. The van der Waals surface area contributed by atoms with Crippen molar-refractivity contribution < 1.29 is 14.3 Å². The van der Waals surface area contributed by atoms with Crippen LogP contribution in [0.25, 0.3) is 0 Å². The van der Waals surface area contributed by atoms with E-state index in [1.165, 1.54) is 7.11 Å². The summed E-state index contributed by atoms with van der Waals surface area (Å²) in [6, 6.07) is 5.35. The lowest BCUT2D eigenvalue weighted by Gasteiger charge is -2.17. The van der Waals surface area contributed by atoms with Crippen LogP contribution in [-0.2, 0) is 9.47 Å². The van der Waals surface area contributed by atoms with Crippen LogP contribution < -0.4 is 5.73 Å². The van der Waals surface area contributed by atoms with Gasteiger partial charge in [-0.25, -0.2) is 4.79 Å². The molecule has 1 aliphatic heterocycles. The van der Waals surface area contributed by atoms with Gasteiger partial charge in [0.1, 0.15) is 0 Å². The molecule has 1 aromatic carbocycles. The fourth-order valence-corrected chi connectivity index (χ4v) is 2.39.